The fraction of sp³-hybridized carbons (Fsp3) is 0.440. The van der Waals surface area contributed by atoms with Crippen LogP contribution in [0.2, 0.25) is 0 Å². The van der Waals surface area contributed by atoms with E-state index >= 15 is 0 Å². The van der Waals surface area contributed by atoms with Crippen molar-refractivity contribution in [2.45, 2.75) is 128 Å². The number of aryl methyl sites for hydroxylation is 2. The average molecular weight is 933 g/mol. The van der Waals surface area contributed by atoms with Crippen LogP contribution in [-0.2, 0) is 36.7 Å². The maximum Gasteiger partial charge on any atom is 0.164 e. The van der Waals surface area contributed by atoms with Crippen LogP contribution in [0.1, 0.15) is 124 Å². The minimum Gasteiger partial charge on any atom is -0.512 e. The molecule has 3 aromatic carbocycles. The number of aliphatic hydroxyl groups is 1. The molecule has 0 aliphatic carbocycles. The Labute approximate surface area is 348 Å². The number of aromatic nitrogens is 1. The van der Waals surface area contributed by atoms with Gasteiger partial charge in [0, 0.05) is 77.2 Å². The number of nitrogens with zero attached hydrogens (tertiary/aromatic N) is 1. The normalized spacial score (nSPS) is 12.6. The second-order valence-electron chi connectivity index (χ2n) is 17.3. The van der Waals surface area contributed by atoms with Crippen LogP contribution in [0, 0.1) is 36.7 Å². The minimum atomic E-state index is -0.337. The van der Waals surface area contributed by atoms with Crippen LogP contribution in [0.4, 0.5) is 0 Å². The van der Waals surface area contributed by atoms with Gasteiger partial charge in [0.2, 0.25) is 0 Å². The first-order chi connectivity index (χ1) is 25.9. The summed E-state index contributed by atoms with van der Waals surface area (Å²) in [5.41, 5.74) is 7.51. The molecule has 6 aromatic rings. The monoisotopic (exact) mass is 933 g/mol. The minimum absolute atomic E-state index is 0. The molecule has 56 heavy (non-hydrogen) atoms. The van der Waals surface area contributed by atoms with Gasteiger partial charge in [0.15, 0.2) is 5.78 Å². The maximum absolute atomic E-state index is 12.2. The topological polar surface area (TPSA) is 76.5 Å². The first-order valence-electron chi connectivity index (χ1n) is 20.2. The van der Waals surface area contributed by atoms with E-state index in [0.29, 0.717) is 5.92 Å². The summed E-state index contributed by atoms with van der Waals surface area (Å²) in [6, 6.07) is 22.7. The number of rotatable bonds is 11. The third kappa shape index (κ3) is 8.77. The van der Waals surface area contributed by atoms with E-state index in [2.05, 4.69) is 109 Å². The standard InChI is InChI=1S/C35H34NO2.C15H28O2.Ir/c1-20(2)17-30-22(4)31-27(13-10-14-29(31)37-30)33-21(3)25-15-16-36-32(34(25)38-33)24-18-23-11-8-9-12-26(23)28(19-24)35(5,6)7;1-7-14(5,8-2)12(16)11-13(17)15(6,9-3)10-4;/h8-16,19-20H,17H2,1-7H3;11,16H,7-10H2,1-6H3;/q-1;;/b;12-11-;. The van der Waals surface area contributed by atoms with Crippen molar-refractivity contribution >= 4 is 38.5 Å². The molecular formula is C50H62IrNO4-. The van der Waals surface area contributed by atoms with Gasteiger partial charge in [-0.25, -0.2) is 0 Å². The maximum atomic E-state index is 12.2. The van der Waals surface area contributed by atoms with E-state index in [9.17, 15) is 9.90 Å². The Balaban J connectivity index is 0.000000330. The van der Waals surface area contributed by atoms with Gasteiger partial charge in [-0.1, -0.05) is 117 Å². The van der Waals surface area contributed by atoms with Crippen molar-refractivity contribution in [3.05, 3.63) is 101 Å². The Morgan fingerprint density at radius 3 is 2.09 bits per heavy atom. The van der Waals surface area contributed by atoms with Gasteiger partial charge in [0.1, 0.15) is 28.4 Å². The van der Waals surface area contributed by atoms with Crippen LogP contribution in [0.3, 0.4) is 0 Å². The Bertz CT molecular complexity index is 2340. The number of fused-ring (bicyclic) bond motifs is 3. The molecule has 0 aliphatic heterocycles. The molecule has 301 valence electrons. The van der Waals surface area contributed by atoms with Gasteiger partial charge in [0.05, 0.1) is 0 Å². The van der Waals surface area contributed by atoms with Crippen LogP contribution in [0.15, 0.2) is 81.5 Å². The van der Waals surface area contributed by atoms with Crippen molar-refractivity contribution in [2.24, 2.45) is 16.7 Å². The van der Waals surface area contributed by atoms with Crippen LogP contribution in [0.5, 0.6) is 0 Å². The van der Waals surface area contributed by atoms with Crippen molar-refractivity contribution in [1.29, 1.82) is 0 Å². The molecule has 6 rings (SSSR count). The van der Waals surface area contributed by atoms with Gasteiger partial charge in [0.25, 0.3) is 0 Å². The summed E-state index contributed by atoms with van der Waals surface area (Å²) in [4.78, 5) is 17.0. The number of furan rings is 2. The van der Waals surface area contributed by atoms with Gasteiger partial charge in [-0.2, -0.15) is 0 Å². The van der Waals surface area contributed by atoms with Crippen molar-refractivity contribution in [3.63, 3.8) is 0 Å². The summed E-state index contributed by atoms with van der Waals surface area (Å²) >= 11 is 0. The van der Waals surface area contributed by atoms with Crippen LogP contribution >= 0.6 is 0 Å². The first-order valence-corrected chi connectivity index (χ1v) is 20.2. The van der Waals surface area contributed by atoms with E-state index in [1.165, 1.54) is 22.6 Å². The largest absolute Gasteiger partial charge is 0.512 e. The van der Waals surface area contributed by atoms with Gasteiger partial charge < -0.3 is 13.9 Å². The zero-order valence-corrected chi connectivity index (χ0v) is 38.3. The summed E-state index contributed by atoms with van der Waals surface area (Å²) < 4.78 is 13.0. The summed E-state index contributed by atoms with van der Waals surface area (Å²) in [6.07, 6.45) is 7.56. The first kappa shape index (κ1) is 44.7. The summed E-state index contributed by atoms with van der Waals surface area (Å²) in [7, 11) is 0. The van der Waals surface area contributed by atoms with E-state index in [1.807, 2.05) is 47.7 Å². The number of benzene rings is 3. The van der Waals surface area contributed by atoms with Gasteiger partial charge in [-0.15, -0.1) is 29.1 Å². The summed E-state index contributed by atoms with van der Waals surface area (Å²) in [6.45, 7) is 27.6. The molecule has 0 fully saturated rings. The molecule has 0 atom stereocenters. The van der Waals surface area contributed by atoms with E-state index in [1.54, 1.807) is 0 Å². The molecule has 0 saturated carbocycles. The Morgan fingerprint density at radius 2 is 1.48 bits per heavy atom. The van der Waals surface area contributed by atoms with Crippen molar-refractivity contribution in [2.75, 3.05) is 0 Å². The predicted octanol–water partition coefficient (Wildman–Crippen LogP) is 14.6. The van der Waals surface area contributed by atoms with Gasteiger partial charge in [-0.3, -0.25) is 9.78 Å². The molecule has 1 N–H and O–H groups in total. The number of allylic oxidation sites excluding steroid dienone is 2. The second kappa shape index (κ2) is 17.7. The number of aliphatic hydroxyl groups excluding tert-OH is 1. The number of hydrogen-bond donors (Lipinski definition) is 1. The summed E-state index contributed by atoms with van der Waals surface area (Å²) in [5.74, 6) is 2.74. The molecule has 1 radical (unpaired) electrons. The van der Waals surface area contributed by atoms with E-state index in [4.69, 9.17) is 13.8 Å². The Kier molecular flexibility index (Phi) is 14.1. The van der Waals surface area contributed by atoms with Crippen molar-refractivity contribution in [3.8, 4) is 22.6 Å². The number of carbonyl (C=O) groups is 1. The molecule has 6 heteroatoms. The predicted molar refractivity (Wildman–Crippen MR) is 231 cm³/mol. The van der Waals surface area contributed by atoms with Crippen LogP contribution in [-0.4, -0.2) is 15.9 Å². The molecule has 0 saturated heterocycles. The van der Waals surface area contributed by atoms with Crippen LogP contribution < -0.4 is 0 Å². The molecule has 0 amide bonds. The molecule has 0 aliphatic rings. The van der Waals surface area contributed by atoms with Crippen LogP contribution in [0.25, 0.3) is 55.3 Å². The molecular weight excluding hydrogens is 871 g/mol. The SMILES string of the molecule is CCC(C)(CC)C(=O)/C=C(\O)C(C)(CC)CC.Cc1c(-c2cccc3oc(CC(C)C)c(C)c23)oc2c(-c3[c-]c4ccccc4c(C(C)(C)C)c3)nccc12.[Ir]. The molecule has 0 spiro atoms. The number of carbonyl (C=O) groups excluding carboxylic acids is 1. The second-order valence-corrected chi connectivity index (χ2v) is 17.3. The number of pyridine rings is 1. The third-order valence-corrected chi connectivity index (χ3v) is 12.2. The zero-order valence-electron chi connectivity index (χ0n) is 35.9. The molecule has 0 bridgehead atoms. The zero-order chi connectivity index (χ0) is 40.5. The van der Waals surface area contributed by atoms with Crippen molar-refractivity contribution < 1.29 is 38.8 Å². The molecule has 5 nitrogen and oxygen atoms in total. The smallest absolute Gasteiger partial charge is 0.164 e. The van der Waals surface area contributed by atoms with E-state index in [-0.39, 0.29) is 47.9 Å². The Hall–Kier alpha value is -3.99. The average Bonchev–Trinajstić information content (AvgIpc) is 3.68. The number of ketones is 1. The number of hydrogen-bond acceptors (Lipinski definition) is 5. The fourth-order valence-electron chi connectivity index (χ4n) is 7.36. The third-order valence-electron chi connectivity index (χ3n) is 12.2. The Morgan fingerprint density at radius 1 is 0.839 bits per heavy atom. The van der Waals surface area contributed by atoms with Gasteiger partial charge >= 0.3 is 0 Å². The summed E-state index contributed by atoms with van der Waals surface area (Å²) in [5, 5.41) is 14.7. The van der Waals surface area contributed by atoms with E-state index < -0.39 is 0 Å². The molecule has 0 unspecified atom stereocenters. The molecule has 3 heterocycles. The van der Waals surface area contributed by atoms with E-state index in [0.717, 1.165) is 93.3 Å². The fourth-order valence-corrected chi connectivity index (χ4v) is 7.36. The molecule has 3 aromatic heterocycles. The van der Waals surface area contributed by atoms with Crippen molar-refractivity contribution in [1.82, 2.24) is 4.98 Å². The van der Waals surface area contributed by atoms with Gasteiger partial charge in [-0.05, 0) is 68.6 Å². The quantitative estimate of drug-likeness (QED) is 0.0796.